The van der Waals surface area contributed by atoms with E-state index in [4.69, 9.17) is 4.74 Å². The molecule has 0 aromatic heterocycles. The van der Waals surface area contributed by atoms with E-state index in [0.29, 0.717) is 13.2 Å². The summed E-state index contributed by atoms with van der Waals surface area (Å²) in [5.74, 6) is 2.19. The Hall–Kier alpha value is -1.51. The Balaban J connectivity index is 1.64. The first-order valence-electron chi connectivity index (χ1n) is 9.58. The smallest absolute Gasteiger partial charge is 0.223 e. The average molecular weight is 332 g/mol. The molecule has 3 heteroatoms. The number of carbonyl (C=O) groups excluding carboxylic acids is 1. The third-order valence-electron chi connectivity index (χ3n) is 5.40. The van der Waals surface area contributed by atoms with Crippen molar-refractivity contribution in [2.45, 2.75) is 65.7 Å². The molecule has 3 nitrogen and oxygen atoms in total. The average Bonchev–Trinajstić information content (AvgIpc) is 2.60. The molecule has 0 atom stereocenters. The van der Waals surface area contributed by atoms with E-state index in [9.17, 15) is 4.79 Å². The van der Waals surface area contributed by atoms with Crippen molar-refractivity contribution in [1.29, 1.82) is 0 Å². The van der Waals surface area contributed by atoms with Gasteiger partial charge in [0.05, 0.1) is 6.54 Å². The van der Waals surface area contributed by atoms with Crippen LogP contribution in [0, 0.1) is 25.7 Å². The zero-order chi connectivity index (χ0) is 17.4. The minimum atomic E-state index is 0.212. The fourth-order valence-corrected chi connectivity index (χ4v) is 3.57. The van der Waals surface area contributed by atoms with Crippen LogP contribution in [0.4, 0.5) is 0 Å². The first-order valence-corrected chi connectivity index (χ1v) is 9.58. The van der Waals surface area contributed by atoms with Crippen LogP contribution in [0.5, 0.6) is 5.75 Å². The molecule has 0 bridgehead atoms. The van der Waals surface area contributed by atoms with Crippen molar-refractivity contribution in [2.75, 3.05) is 13.2 Å². The Morgan fingerprint density at radius 1 is 1.21 bits per heavy atom. The topological polar surface area (TPSA) is 38.3 Å². The summed E-state index contributed by atoms with van der Waals surface area (Å²) in [7, 11) is 0. The second kappa shape index (κ2) is 9.71. The van der Waals surface area contributed by atoms with Gasteiger partial charge in [0.1, 0.15) is 12.4 Å². The summed E-state index contributed by atoms with van der Waals surface area (Å²) in [6.45, 7) is 7.52. The highest BCUT2D eigenvalue weighted by Crippen LogP contribution is 2.31. The molecule has 1 N–H and O–H groups in total. The van der Waals surface area contributed by atoms with Crippen LogP contribution in [0.1, 0.15) is 63.0 Å². The monoisotopic (exact) mass is 331 g/mol. The Morgan fingerprint density at radius 3 is 2.67 bits per heavy atom. The summed E-state index contributed by atoms with van der Waals surface area (Å²) in [6, 6.07) is 6.08. The van der Waals surface area contributed by atoms with Gasteiger partial charge in [0.15, 0.2) is 0 Å². The number of hydrogen-bond donors (Lipinski definition) is 1. The number of hydrogen-bond acceptors (Lipinski definition) is 2. The summed E-state index contributed by atoms with van der Waals surface area (Å²) < 4.78 is 5.80. The van der Waals surface area contributed by atoms with E-state index in [-0.39, 0.29) is 11.8 Å². The summed E-state index contributed by atoms with van der Waals surface area (Å²) in [6.07, 6.45) is 8.50. The Kier molecular flexibility index (Phi) is 7.61. The molecule has 0 aliphatic heterocycles. The molecule has 1 aliphatic carbocycles. The van der Waals surface area contributed by atoms with Crippen LogP contribution < -0.4 is 10.1 Å². The first kappa shape index (κ1) is 18.8. The van der Waals surface area contributed by atoms with Gasteiger partial charge in [0.25, 0.3) is 0 Å². The predicted octanol–water partition coefficient (Wildman–Crippen LogP) is 4.80. The highest BCUT2D eigenvalue weighted by molar-refractivity contribution is 5.78. The molecule has 24 heavy (non-hydrogen) atoms. The van der Waals surface area contributed by atoms with Crippen molar-refractivity contribution in [2.24, 2.45) is 11.8 Å². The molecule has 1 amide bonds. The Labute approximate surface area is 147 Å². The van der Waals surface area contributed by atoms with Crippen molar-refractivity contribution in [1.82, 2.24) is 5.32 Å². The number of carbonyl (C=O) groups is 1. The molecule has 1 aliphatic rings. The van der Waals surface area contributed by atoms with Gasteiger partial charge in [-0.2, -0.15) is 0 Å². The van der Waals surface area contributed by atoms with E-state index in [1.165, 1.54) is 43.2 Å². The normalized spacial score (nSPS) is 20.6. The maximum absolute atomic E-state index is 12.3. The number of unbranched alkanes of at least 4 members (excludes halogenated alkanes) is 1. The number of ether oxygens (including phenoxy) is 1. The highest BCUT2D eigenvalue weighted by Gasteiger charge is 2.25. The van der Waals surface area contributed by atoms with Crippen LogP contribution in [0.15, 0.2) is 18.2 Å². The van der Waals surface area contributed by atoms with Crippen LogP contribution in [0.25, 0.3) is 0 Å². The lowest BCUT2D eigenvalue weighted by Gasteiger charge is -2.27. The summed E-state index contributed by atoms with van der Waals surface area (Å²) >= 11 is 0. The lowest BCUT2D eigenvalue weighted by atomic mass is 9.79. The summed E-state index contributed by atoms with van der Waals surface area (Å²) in [4.78, 5) is 12.3. The molecular weight excluding hydrogens is 298 g/mol. The SMILES string of the molecule is CCCCC1CCC(C(=O)NCCOc2cccc(C)c2C)CC1. The molecule has 2 rings (SSSR count). The fourth-order valence-electron chi connectivity index (χ4n) is 3.57. The Bertz CT molecular complexity index is 519. The number of aryl methyl sites for hydroxylation is 1. The molecule has 134 valence electrons. The standard InChI is InChI=1S/C21H33NO2/c1-4-5-8-18-10-12-19(13-11-18)21(23)22-14-15-24-20-9-6-7-16(2)17(20)3/h6-7,9,18-19H,4-5,8,10-15H2,1-3H3,(H,22,23). The molecule has 0 saturated heterocycles. The van der Waals surface area contributed by atoms with Gasteiger partial charge in [-0.1, -0.05) is 38.3 Å². The van der Waals surface area contributed by atoms with Gasteiger partial charge in [0.2, 0.25) is 5.91 Å². The van der Waals surface area contributed by atoms with E-state index < -0.39 is 0 Å². The van der Waals surface area contributed by atoms with Crippen LogP contribution in [0.2, 0.25) is 0 Å². The largest absolute Gasteiger partial charge is 0.491 e. The summed E-state index contributed by atoms with van der Waals surface area (Å²) in [5.41, 5.74) is 2.41. The molecule has 1 fully saturated rings. The fraction of sp³-hybridized carbons (Fsp3) is 0.667. The van der Waals surface area contributed by atoms with Gasteiger partial charge in [-0.15, -0.1) is 0 Å². The van der Waals surface area contributed by atoms with Crippen LogP contribution in [0.3, 0.4) is 0 Å². The van der Waals surface area contributed by atoms with Crippen molar-refractivity contribution >= 4 is 5.91 Å². The number of rotatable bonds is 8. The third-order valence-corrected chi connectivity index (χ3v) is 5.40. The number of amides is 1. The maximum atomic E-state index is 12.3. The van der Waals surface area contributed by atoms with Crippen molar-refractivity contribution in [3.05, 3.63) is 29.3 Å². The van der Waals surface area contributed by atoms with Gasteiger partial charge >= 0.3 is 0 Å². The minimum absolute atomic E-state index is 0.212. The number of benzene rings is 1. The molecule has 0 heterocycles. The van der Waals surface area contributed by atoms with E-state index in [2.05, 4.69) is 32.2 Å². The third kappa shape index (κ3) is 5.54. The van der Waals surface area contributed by atoms with E-state index in [1.807, 2.05) is 12.1 Å². The van der Waals surface area contributed by atoms with Crippen LogP contribution >= 0.6 is 0 Å². The molecule has 1 aromatic carbocycles. The maximum Gasteiger partial charge on any atom is 0.223 e. The first-order chi connectivity index (χ1) is 11.6. The van der Waals surface area contributed by atoms with Gasteiger partial charge in [0, 0.05) is 5.92 Å². The number of nitrogens with one attached hydrogen (secondary N) is 1. The van der Waals surface area contributed by atoms with E-state index in [1.54, 1.807) is 0 Å². The van der Waals surface area contributed by atoms with Crippen molar-refractivity contribution < 1.29 is 9.53 Å². The predicted molar refractivity (Wildman–Crippen MR) is 99.4 cm³/mol. The minimum Gasteiger partial charge on any atom is -0.491 e. The second-order valence-electron chi connectivity index (χ2n) is 7.20. The van der Waals surface area contributed by atoms with Crippen LogP contribution in [-0.4, -0.2) is 19.1 Å². The lowest BCUT2D eigenvalue weighted by molar-refractivity contribution is -0.126. The van der Waals surface area contributed by atoms with Crippen molar-refractivity contribution in [3.63, 3.8) is 0 Å². The summed E-state index contributed by atoms with van der Waals surface area (Å²) in [5, 5.41) is 3.05. The van der Waals surface area contributed by atoms with Crippen molar-refractivity contribution in [3.8, 4) is 5.75 Å². The quantitative estimate of drug-likeness (QED) is 0.695. The molecule has 0 spiro atoms. The molecular formula is C21H33NO2. The van der Waals surface area contributed by atoms with Gasteiger partial charge in [-0.25, -0.2) is 0 Å². The van der Waals surface area contributed by atoms with E-state index >= 15 is 0 Å². The Morgan fingerprint density at radius 2 is 1.96 bits per heavy atom. The zero-order valence-electron chi connectivity index (χ0n) is 15.6. The van der Waals surface area contributed by atoms with Gasteiger partial charge < -0.3 is 10.1 Å². The zero-order valence-corrected chi connectivity index (χ0v) is 15.6. The second-order valence-corrected chi connectivity index (χ2v) is 7.20. The molecule has 1 aromatic rings. The highest BCUT2D eigenvalue weighted by atomic mass is 16.5. The van der Waals surface area contributed by atoms with Crippen LogP contribution in [-0.2, 0) is 4.79 Å². The molecule has 0 unspecified atom stereocenters. The van der Waals surface area contributed by atoms with Gasteiger partial charge in [-0.3, -0.25) is 4.79 Å². The molecule has 1 saturated carbocycles. The molecule has 0 radical (unpaired) electrons. The van der Waals surface area contributed by atoms with E-state index in [0.717, 1.165) is 24.5 Å². The lowest BCUT2D eigenvalue weighted by Crippen LogP contribution is -2.35. The van der Waals surface area contributed by atoms with Gasteiger partial charge in [-0.05, 0) is 62.6 Å².